The second kappa shape index (κ2) is 5.25. The molecule has 0 aliphatic carbocycles. The Balaban J connectivity index is 3.28. The van der Waals surface area contributed by atoms with Crippen LogP contribution in [0.2, 0.25) is 0 Å². The van der Waals surface area contributed by atoms with Crippen molar-refractivity contribution in [2.45, 2.75) is 25.1 Å². The highest BCUT2D eigenvalue weighted by atomic mass is 79.9. The van der Waals surface area contributed by atoms with Crippen molar-refractivity contribution in [1.29, 1.82) is 0 Å². The molecule has 4 heteroatoms. The first-order chi connectivity index (χ1) is 7.47. The normalized spacial score (nSPS) is 12.2. The Kier molecular flexibility index (Phi) is 4.24. The maximum atomic E-state index is 11.8. The van der Waals surface area contributed by atoms with Gasteiger partial charge in [0.2, 0.25) is 0 Å². The van der Waals surface area contributed by atoms with Gasteiger partial charge in [0, 0.05) is 5.56 Å². The molecule has 1 aromatic rings. The van der Waals surface area contributed by atoms with E-state index in [1.165, 1.54) is 0 Å². The topological polar surface area (TPSA) is 54.4 Å². The molecule has 16 heavy (non-hydrogen) atoms. The van der Waals surface area contributed by atoms with Crippen LogP contribution in [0.4, 0.5) is 0 Å². The monoisotopic (exact) mass is 284 g/mol. The lowest BCUT2D eigenvalue weighted by atomic mass is 9.98. The van der Waals surface area contributed by atoms with E-state index < -0.39 is 5.97 Å². The first-order valence-corrected chi connectivity index (χ1v) is 5.93. The fourth-order valence-corrected chi connectivity index (χ4v) is 1.66. The van der Waals surface area contributed by atoms with Gasteiger partial charge in [-0.2, -0.15) is 0 Å². The number of carbonyl (C=O) groups is 2. The van der Waals surface area contributed by atoms with Crippen molar-refractivity contribution in [3.8, 4) is 0 Å². The maximum Gasteiger partial charge on any atom is 0.336 e. The number of halogens is 1. The highest BCUT2D eigenvalue weighted by molar-refractivity contribution is 9.10. The van der Waals surface area contributed by atoms with E-state index >= 15 is 0 Å². The van der Waals surface area contributed by atoms with Gasteiger partial charge in [-0.3, -0.25) is 4.79 Å². The zero-order valence-electron chi connectivity index (χ0n) is 9.16. The second-order valence-corrected chi connectivity index (χ2v) is 4.89. The number of rotatable bonds is 4. The number of hydrogen-bond donors (Lipinski definition) is 1. The Hall–Kier alpha value is -1.16. The zero-order chi connectivity index (χ0) is 12.3. The molecule has 0 amide bonds. The summed E-state index contributed by atoms with van der Waals surface area (Å²) in [6.07, 6.45) is 0.749. The van der Waals surface area contributed by atoms with Crippen LogP contribution in [0.3, 0.4) is 0 Å². The maximum absolute atomic E-state index is 11.8. The molecular weight excluding hydrogens is 272 g/mol. The summed E-state index contributed by atoms with van der Waals surface area (Å²) in [4.78, 5) is 22.4. The molecule has 0 spiro atoms. The molecule has 1 atom stereocenters. The number of alkyl halides is 1. The van der Waals surface area contributed by atoms with Crippen molar-refractivity contribution < 1.29 is 14.7 Å². The van der Waals surface area contributed by atoms with E-state index in [4.69, 9.17) is 5.11 Å². The average molecular weight is 285 g/mol. The lowest BCUT2D eigenvalue weighted by Gasteiger charge is -2.08. The van der Waals surface area contributed by atoms with Crippen LogP contribution in [0.15, 0.2) is 18.2 Å². The molecule has 1 unspecified atom stereocenters. The number of carbonyl (C=O) groups excluding carboxylic acids is 1. The highest BCUT2D eigenvalue weighted by Gasteiger charge is 2.19. The van der Waals surface area contributed by atoms with Crippen LogP contribution >= 0.6 is 15.9 Å². The summed E-state index contributed by atoms with van der Waals surface area (Å²) < 4.78 is 0. The molecule has 1 aromatic carbocycles. The molecule has 0 bridgehead atoms. The summed E-state index contributed by atoms with van der Waals surface area (Å²) in [5, 5.41) is 9.05. The molecule has 0 saturated heterocycles. The molecule has 0 radical (unpaired) electrons. The average Bonchev–Trinajstić information content (AvgIpc) is 2.26. The first-order valence-electron chi connectivity index (χ1n) is 5.01. The third-order valence-corrected chi connectivity index (χ3v) is 2.77. The van der Waals surface area contributed by atoms with Gasteiger partial charge in [0.25, 0.3) is 0 Å². The van der Waals surface area contributed by atoms with Crippen molar-refractivity contribution >= 4 is 27.7 Å². The number of carboxylic acid groups (broad SMARTS) is 1. The van der Waals surface area contributed by atoms with E-state index in [0.29, 0.717) is 0 Å². The van der Waals surface area contributed by atoms with Crippen LogP contribution in [0.25, 0.3) is 0 Å². The standard InChI is InChI=1S/C12H13BrO3/c1-3-8-4-5-9(11(14)7(2)13)10(6-8)12(15)16/h4-7H,3H2,1-2H3,(H,15,16). The van der Waals surface area contributed by atoms with Crippen molar-refractivity contribution in [1.82, 2.24) is 0 Å². The van der Waals surface area contributed by atoms with E-state index in [2.05, 4.69) is 15.9 Å². The molecular formula is C12H13BrO3. The predicted molar refractivity (Wildman–Crippen MR) is 65.5 cm³/mol. The van der Waals surface area contributed by atoms with E-state index in [-0.39, 0.29) is 21.7 Å². The number of Topliss-reactive ketones (excluding diaryl/α,β-unsaturated/α-hetero) is 1. The molecule has 0 aromatic heterocycles. The van der Waals surface area contributed by atoms with Crippen molar-refractivity contribution in [3.05, 3.63) is 34.9 Å². The summed E-state index contributed by atoms with van der Waals surface area (Å²) >= 11 is 3.15. The largest absolute Gasteiger partial charge is 0.478 e. The summed E-state index contributed by atoms with van der Waals surface area (Å²) in [7, 11) is 0. The van der Waals surface area contributed by atoms with E-state index in [1.54, 1.807) is 25.1 Å². The van der Waals surface area contributed by atoms with Crippen LogP contribution in [0, 0.1) is 0 Å². The van der Waals surface area contributed by atoms with Gasteiger partial charge in [0.1, 0.15) is 0 Å². The third-order valence-electron chi connectivity index (χ3n) is 2.35. The molecule has 1 N–H and O–H groups in total. The van der Waals surface area contributed by atoms with Gasteiger partial charge >= 0.3 is 5.97 Å². The summed E-state index contributed by atoms with van der Waals surface area (Å²) in [6.45, 7) is 3.62. The third kappa shape index (κ3) is 2.70. The number of carboxylic acids is 1. The Bertz CT molecular complexity index is 424. The van der Waals surface area contributed by atoms with Gasteiger partial charge in [-0.1, -0.05) is 35.0 Å². The number of aromatic carboxylic acids is 1. The molecule has 0 aliphatic rings. The Morgan fingerprint density at radius 3 is 2.44 bits per heavy atom. The SMILES string of the molecule is CCc1ccc(C(=O)C(C)Br)c(C(=O)O)c1. The van der Waals surface area contributed by atoms with Crippen molar-refractivity contribution in [2.75, 3.05) is 0 Å². The Labute approximate surface area is 103 Å². The van der Waals surface area contributed by atoms with E-state index in [0.717, 1.165) is 12.0 Å². The molecule has 86 valence electrons. The molecule has 0 saturated carbocycles. The number of benzene rings is 1. The molecule has 3 nitrogen and oxygen atoms in total. The zero-order valence-corrected chi connectivity index (χ0v) is 10.7. The Morgan fingerprint density at radius 2 is 2.00 bits per heavy atom. The van der Waals surface area contributed by atoms with Gasteiger partial charge < -0.3 is 5.11 Å². The second-order valence-electron chi connectivity index (χ2n) is 3.52. The first kappa shape index (κ1) is 12.9. The predicted octanol–water partition coefficient (Wildman–Crippen LogP) is 2.91. The molecule has 0 heterocycles. The van der Waals surface area contributed by atoms with E-state index in [1.807, 2.05) is 6.92 Å². The minimum atomic E-state index is -1.06. The summed E-state index contributed by atoms with van der Waals surface area (Å²) in [5.41, 5.74) is 1.25. The minimum Gasteiger partial charge on any atom is -0.478 e. The number of aryl methyl sites for hydroxylation is 1. The van der Waals surface area contributed by atoms with Gasteiger partial charge in [-0.25, -0.2) is 4.79 Å². The molecule has 0 aliphatic heterocycles. The fraction of sp³-hybridized carbons (Fsp3) is 0.333. The lowest BCUT2D eigenvalue weighted by molar-refractivity contribution is 0.0692. The lowest BCUT2D eigenvalue weighted by Crippen LogP contribution is -2.15. The van der Waals surface area contributed by atoms with Gasteiger partial charge in [-0.15, -0.1) is 0 Å². The van der Waals surface area contributed by atoms with Crippen LogP contribution < -0.4 is 0 Å². The summed E-state index contributed by atoms with van der Waals surface area (Å²) in [5.74, 6) is -1.27. The van der Waals surface area contributed by atoms with Crippen molar-refractivity contribution in [2.24, 2.45) is 0 Å². The van der Waals surface area contributed by atoms with Crippen LogP contribution in [0.1, 0.15) is 40.1 Å². The fourth-order valence-electron chi connectivity index (χ4n) is 1.42. The minimum absolute atomic E-state index is 0.0793. The Morgan fingerprint density at radius 1 is 1.38 bits per heavy atom. The van der Waals surface area contributed by atoms with Crippen LogP contribution in [-0.2, 0) is 6.42 Å². The molecule has 1 rings (SSSR count). The molecule has 0 fully saturated rings. The van der Waals surface area contributed by atoms with Crippen LogP contribution in [-0.4, -0.2) is 21.7 Å². The van der Waals surface area contributed by atoms with Gasteiger partial charge in [0.15, 0.2) is 5.78 Å². The summed E-state index contributed by atoms with van der Waals surface area (Å²) in [6, 6.07) is 4.93. The quantitative estimate of drug-likeness (QED) is 0.683. The number of hydrogen-bond acceptors (Lipinski definition) is 2. The van der Waals surface area contributed by atoms with Crippen LogP contribution in [0.5, 0.6) is 0 Å². The van der Waals surface area contributed by atoms with E-state index in [9.17, 15) is 9.59 Å². The van der Waals surface area contributed by atoms with Gasteiger partial charge in [0.05, 0.1) is 10.4 Å². The van der Waals surface area contributed by atoms with Crippen molar-refractivity contribution in [3.63, 3.8) is 0 Å². The smallest absolute Gasteiger partial charge is 0.336 e. The number of ketones is 1. The highest BCUT2D eigenvalue weighted by Crippen LogP contribution is 2.17. The van der Waals surface area contributed by atoms with Gasteiger partial charge in [-0.05, 0) is 25.0 Å².